The van der Waals surface area contributed by atoms with Gasteiger partial charge in [-0.15, -0.1) is 11.8 Å². The Hall–Kier alpha value is -2.88. The second-order valence-electron chi connectivity index (χ2n) is 4.76. The van der Waals surface area contributed by atoms with Crippen LogP contribution in [0.25, 0.3) is 0 Å². The van der Waals surface area contributed by atoms with Crippen molar-refractivity contribution in [2.45, 2.75) is 18.3 Å². The minimum atomic E-state index is -1.15. The van der Waals surface area contributed by atoms with Crippen LogP contribution in [-0.4, -0.2) is 5.75 Å². The molecule has 0 radical (unpaired) electrons. The molecule has 1 aliphatic heterocycles. The van der Waals surface area contributed by atoms with Gasteiger partial charge in [0.25, 0.3) is 0 Å². The highest BCUT2D eigenvalue weighted by atomic mass is 32.2. The van der Waals surface area contributed by atoms with E-state index in [4.69, 9.17) is 10.5 Å². The topological polar surface area (TPSA) is 107 Å². The minimum absolute atomic E-state index is 0.0514. The highest BCUT2D eigenvalue weighted by Gasteiger charge is 2.49. The maximum Gasteiger partial charge on any atom is 0.211 e. The van der Waals surface area contributed by atoms with E-state index in [0.29, 0.717) is 5.75 Å². The molecule has 0 spiro atoms. The number of allylic oxidation sites excluding steroid dienone is 1. The van der Waals surface area contributed by atoms with Crippen molar-refractivity contribution in [3.63, 3.8) is 0 Å². The minimum Gasteiger partial charge on any atom is -0.452 e. The molecule has 0 saturated carbocycles. The number of benzene rings is 1. The Morgan fingerprint density at radius 2 is 1.87 bits per heavy atom. The lowest BCUT2D eigenvalue weighted by Gasteiger charge is -2.30. The molecule has 0 amide bonds. The molecule has 6 heteroatoms. The van der Waals surface area contributed by atoms with Crippen molar-refractivity contribution in [2.75, 3.05) is 5.75 Å². The quantitative estimate of drug-likeness (QED) is 0.854. The molecule has 2 N–H and O–H groups in total. The summed E-state index contributed by atoms with van der Waals surface area (Å²) in [5.41, 5.74) is 6.76. The number of hydrogen-bond acceptors (Lipinski definition) is 6. The van der Waals surface area contributed by atoms with Crippen molar-refractivity contribution in [1.29, 1.82) is 15.8 Å². The van der Waals surface area contributed by atoms with E-state index in [9.17, 15) is 15.8 Å². The number of ether oxygens (including phenoxy) is 1. The smallest absolute Gasteiger partial charge is 0.211 e. The maximum atomic E-state index is 9.42. The summed E-state index contributed by atoms with van der Waals surface area (Å²) < 4.78 is 5.88. The van der Waals surface area contributed by atoms with Crippen LogP contribution in [0, 0.1) is 34.0 Å². The normalized spacial score (nSPS) is 19.5. The number of nitrogens with two attached hydrogens (primary N) is 1. The molecule has 1 aromatic carbocycles. The van der Waals surface area contributed by atoms with E-state index < -0.39 is 4.93 Å². The van der Waals surface area contributed by atoms with Crippen LogP contribution >= 0.6 is 11.8 Å². The van der Waals surface area contributed by atoms with Gasteiger partial charge in [-0.05, 0) is 12.2 Å². The number of thioether (sulfide) groups is 1. The number of hydrogen-bond donors (Lipinski definition) is 1. The highest BCUT2D eigenvalue weighted by Crippen LogP contribution is 2.53. The standard InChI is InChI=1S/C17H14N4OS/c1-2-8-23-17(13-6-4-3-5-7-13)15(12(9-18)10-19)14(11-20)16(21)22-17/h3-7H,2,8,21H2,1H3. The third-order valence-electron chi connectivity index (χ3n) is 3.33. The van der Waals surface area contributed by atoms with Gasteiger partial charge in [0.05, 0.1) is 5.57 Å². The van der Waals surface area contributed by atoms with Crippen molar-refractivity contribution in [3.8, 4) is 18.2 Å². The van der Waals surface area contributed by atoms with Crippen LogP contribution in [0.3, 0.4) is 0 Å². The molecule has 0 aromatic heterocycles. The molecule has 2 rings (SSSR count). The Labute approximate surface area is 139 Å². The molecule has 1 heterocycles. The number of nitriles is 3. The van der Waals surface area contributed by atoms with Gasteiger partial charge in [0.2, 0.25) is 10.8 Å². The number of nitrogens with zero attached hydrogens (tertiary/aromatic N) is 3. The van der Waals surface area contributed by atoms with Crippen LogP contribution in [0.5, 0.6) is 0 Å². The SMILES string of the molecule is CCCSC1(c2ccccc2)OC(N)=C(C#N)C1=C(C#N)C#N. The molecule has 0 aliphatic carbocycles. The summed E-state index contributed by atoms with van der Waals surface area (Å²) in [6.07, 6.45) is 0.867. The van der Waals surface area contributed by atoms with Gasteiger partial charge in [0.15, 0.2) is 0 Å². The monoisotopic (exact) mass is 322 g/mol. The Balaban J connectivity index is 2.78. The first kappa shape index (κ1) is 16.5. The van der Waals surface area contributed by atoms with Crippen molar-refractivity contribution in [3.05, 3.63) is 58.5 Å². The van der Waals surface area contributed by atoms with Crippen molar-refractivity contribution in [1.82, 2.24) is 0 Å². The fraction of sp³-hybridized carbons (Fsp3) is 0.235. The molecule has 1 atom stereocenters. The Bertz CT molecular complexity index is 777. The summed E-state index contributed by atoms with van der Waals surface area (Å²) in [7, 11) is 0. The van der Waals surface area contributed by atoms with E-state index in [0.717, 1.165) is 12.0 Å². The molecule has 0 saturated heterocycles. The van der Waals surface area contributed by atoms with Gasteiger partial charge in [-0.25, -0.2) is 0 Å². The third-order valence-corrected chi connectivity index (χ3v) is 4.87. The van der Waals surface area contributed by atoms with Crippen molar-refractivity contribution >= 4 is 11.8 Å². The van der Waals surface area contributed by atoms with Crippen LogP contribution < -0.4 is 5.73 Å². The first-order valence-corrected chi connectivity index (χ1v) is 7.96. The van der Waals surface area contributed by atoms with Crippen LogP contribution in [-0.2, 0) is 9.67 Å². The van der Waals surface area contributed by atoms with E-state index in [1.165, 1.54) is 11.8 Å². The largest absolute Gasteiger partial charge is 0.452 e. The van der Waals surface area contributed by atoms with E-state index in [2.05, 4.69) is 0 Å². The Kier molecular flexibility index (Phi) is 4.96. The van der Waals surface area contributed by atoms with Crippen LogP contribution in [0.1, 0.15) is 18.9 Å². The van der Waals surface area contributed by atoms with Crippen LogP contribution in [0.2, 0.25) is 0 Å². The zero-order valence-corrected chi connectivity index (χ0v) is 13.4. The van der Waals surface area contributed by atoms with Crippen LogP contribution in [0.15, 0.2) is 52.9 Å². The molecule has 1 unspecified atom stereocenters. The molecule has 0 fully saturated rings. The summed E-state index contributed by atoms with van der Waals surface area (Å²) in [5.74, 6) is 0.659. The summed E-state index contributed by atoms with van der Waals surface area (Å²) in [6, 6.07) is 14.9. The van der Waals surface area contributed by atoms with Crippen molar-refractivity contribution < 1.29 is 4.74 Å². The van der Waals surface area contributed by atoms with Gasteiger partial charge in [0.1, 0.15) is 29.4 Å². The fourth-order valence-electron chi connectivity index (χ4n) is 2.37. The molecular formula is C17H14N4OS. The summed E-state index contributed by atoms with van der Waals surface area (Å²) in [5, 5.41) is 28.1. The molecule has 1 aromatic rings. The number of rotatable bonds is 4. The second kappa shape index (κ2) is 6.92. The predicted molar refractivity (Wildman–Crippen MR) is 87.0 cm³/mol. The van der Waals surface area contributed by atoms with Gasteiger partial charge in [-0.1, -0.05) is 37.3 Å². The lowest BCUT2D eigenvalue weighted by atomic mass is 9.93. The van der Waals surface area contributed by atoms with Gasteiger partial charge >= 0.3 is 0 Å². The first-order valence-electron chi connectivity index (χ1n) is 6.98. The first-order chi connectivity index (χ1) is 11.1. The average Bonchev–Trinajstić information content (AvgIpc) is 2.88. The summed E-state index contributed by atoms with van der Waals surface area (Å²) in [4.78, 5) is -1.15. The lowest BCUT2D eigenvalue weighted by molar-refractivity contribution is 0.134. The fourth-order valence-corrected chi connectivity index (χ4v) is 3.67. The van der Waals surface area contributed by atoms with Gasteiger partial charge in [-0.3, -0.25) is 0 Å². The van der Waals surface area contributed by atoms with Gasteiger partial charge in [-0.2, -0.15) is 15.8 Å². The highest BCUT2D eigenvalue weighted by molar-refractivity contribution is 8.00. The third kappa shape index (κ3) is 2.75. The predicted octanol–water partition coefficient (Wildman–Crippen LogP) is 3.05. The zero-order valence-electron chi connectivity index (χ0n) is 12.5. The second-order valence-corrected chi connectivity index (χ2v) is 6.03. The molecule has 1 aliphatic rings. The molecule has 114 valence electrons. The van der Waals surface area contributed by atoms with E-state index in [-0.39, 0.29) is 22.6 Å². The van der Waals surface area contributed by atoms with Gasteiger partial charge < -0.3 is 10.5 Å². The Morgan fingerprint density at radius 1 is 1.22 bits per heavy atom. The average molecular weight is 322 g/mol. The lowest BCUT2D eigenvalue weighted by Crippen LogP contribution is -2.26. The molecule has 23 heavy (non-hydrogen) atoms. The summed E-state index contributed by atoms with van der Waals surface area (Å²) in [6.45, 7) is 2.02. The molecule has 5 nitrogen and oxygen atoms in total. The van der Waals surface area contributed by atoms with E-state index >= 15 is 0 Å². The zero-order chi connectivity index (χ0) is 16.9. The van der Waals surface area contributed by atoms with E-state index in [1.54, 1.807) is 0 Å². The molecular weight excluding hydrogens is 308 g/mol. The van der Waals surface area contributed by atoms with E-state index in [1.807, 2.05) is 55.5 Å². The Morgan fingerprint density at radius 3 is 2.39 bits per heavy atom. The van der Waals surface area contributed by atoms with Crippen LogP contribution in [0.4, 0.5) is 0 Å². The van der Waals surface area contributed by atoms with Crippen molar-refractivity contribution in [2.24, 2.45) is 5.73 Å². The maximum absolute atomic E-state index is 9.42. The molecule has 0 bridgehead atoms. The van der Waals surface area contributed by atoms with Gasteiger partial charge in [0, 0.05) is 5.56 Å². The summed E-state index contributed by atoms with van der Waals surface area (Å²) >= 11 is 1.42.